The van der Waals surface area contributed by atoms with Crippen LogP contribution in [0.1, 0.15) is 15.9 Å². The Hall–Kier alpha value is -1.91. The summed E-state index contributed by atoms with van der Waals surface area (Å²) in [4.78, 5) is 11.5. The lowest BCUT2D eigenvalue weighted by Gasteiger charge is -2.10. The fourth-order valence-corrected chi connectivity index (χ4v) is 2.02. The smallest absolute Gasteiger partial charge is 0.337 e. The molecule has 21 heavy (non-hydrogen) atoms. The van der Waals surface area contributed by atoms with Crippen LogP contribution < -0.4 is 10.5 Å². The summed E-state index contributed by atoms with van der Waals surface area (Å²) >= 11 is 11.8. The topological polar surface area (TPSA) is 61.5 Å². The molecular weight excluding hydrogens is 313 g/mol. The molecule has 0 aliphatic carbocycles. The van der Waals surface area contributed by atoms with Gasteiger partial charge in [0.1, 0.15) is 12.4 Å². The van der Waals surface area contributed by atoms with Crippen molar-refractivity contribution < 1.29 is 14.3 Å². The highest BCUT2D eigenvalue weighted by Crippen LogP contribution is 2.26. The van der Waals surface area contributed by atoms with Gasteiger partial charge in [0.25, 0.3) is 0 Å². The molecule has 0 unspecified atom stereocenters. The number of hydrogen-bond donors (Lipinski definition) is 1. The lowest BCUT2D eigenvalue weighted by molar-refractivity contribution is 0.0600. The van der Waals surface area contributed by atoms with Crippen LogP contribution >= 0.6 is 23.2 Å². The number of nitrogen functional groups attached to an aromatic ring is 1. The van der Waals surface area contributed by atoms with Gasteiger partial charge in [-0.05, 0) is 35.9 Å². The molecule has 0 fully saturated rings. The molecule has 4 nitrogen and oxygen atoms in total. The van der Waals surface area contributed by atoms with Gasteiger partial charge < -0.3 is 15.2 Å². The van der Waals surface area contributed by atoms with Crippen molar-refractivity contribution in [2.45, 2.75) is 6.61 Å². The van der Waals surface area contributed by atoms with Gasteiger partial charge in [-0.2, -0.15) is 0 Å². The zero-order chi connectivity index (χ0) is 15.4. The van der Waals surface area contributed by atoms with E-state index in [1.54, 1.807) is 36.4 Å². The number of esters is 1. The van der Waals surface area contributed by atoms with Gasteiger partial charge >= 0.3 is 5.97 Å². The van der Waals surface area contributed by atoms with E-state index >= 15 is 0 Å². The molecule has 0 amide bonds. The number of carbonyl (C=O) groups excluding carboxylic acids is 1. The lowest BCUT2D eigenvalue weighted by Crippen LogP contribution is -2.04. The third-order valence-corrected chi connectivity index (χ3v) is 3.55. The summed E-state index contributed by atoms with van der Waals surface area (Å²) in [6, 6.07) is 9.91. The zero-order valence-electron chi connectivity index (χ0n) is 11.2. The average Bonchev–Trinajstić information content (AvgIpc) is 2.49. The van der Waals surface area contributed by atoms with Crippen LogP contribution in [0.5, 0.6) is 5.75 Å². The minimum Gasteiger partial charge on any atom is -0.487 e. The highest BCUT2D eigenvalue weighted by molar-refractivity contribution is 6.42. The number of benzene rings is 2. The van der Waals surface area contributed by atoms with Crippen molar-refractivity contribution in [3.63, 3.8) is 0 Å². The summed E-state index contributed by atoms with van der Waals surface area (Å²) < 4.78 is 10.3. The Morgan fingerprint density at radius 2 is 1.90 bits per heavy atom. The molecule has 0 bridgehead atoms. The Labute approximate surface area is 132 Å². The summed E-state index contributed by atoms with van der Waals surface area (Å²) in [7, 11) is 1.31. The molecule has 0 aliphatic rings. The van der Waals surface area contributed by atoms with Crippen molar-refractivity contribution in [3.05, 3.63) is 57.6 Å². The van der Waals surface area contributed by atoms with Crippen LogP contribution in [-0.2, 0) is 11.3 Å². The molecule has 0 aromatic heterocycles. The average molecular weight is 326 g/mol. The molecule has 0 saturated carbocycles. The summed E-state index contributed by atoms with van der Waals surface area (Å²) in [6.45, 7) is 0.256. The molecule has 0 heterocycles. The predicted molar refractivity (Wildman–Crippen MR) is 83.0 cm³/mol. The normalized spacial score (nSPS) is 10.2. The van der Waals surface area contributed by atoms with E-state index in [2.05, 4.69) is 4.74 Å². The van der Waals surface area contributed by atoms with Crippen LogP contribution in [0.4, 0.5) is 5.69 Å². The van der Waals surface area contributed by atoms with Crippen molar-refractivity contribution in [2.75, 3.05) is 12.8 Å². The van der Waals surface area contributed by atoms with Crippen molar-refractivity contribution >= 4 is 34.9 Å². The van der Waals surface area contributed by atoms with E-state index in [0.717, 1.165) is 5.56 Å². The fourth-order valence-electron chi connectivity index (χ4n) is 1.69. The Bertz CT molecular complexity index is 674. The number of ether oxygens (including phenoxy) is 2. The lowest BCUT2D eigenvalue weighted by atomic mass is 10.2. The van der Waals surface area contributed by atoms with Gasteiger partial charge in [0.2, 0.25) is 0 Å². The first-order valence-corrected chi connectivity index (χ1v) is 6.81. The van der Waals surface area contributed by atoms with E-state index in [1.807, 2.05) is 0 Å². The summed E-state index contributed by atoms with van der Waals surface area (Å²) in [5.41, 5.74) is 7.47. The molecule has 0 aliphatic heterocycles. The third-order valence-electron chi connectivity index (χ3n) is 2.81. The number of nitrogens with two attached hydrogens (primary N) is 1. The van der Waals surface area contributed by atoms with E-state index in [4.69, 9.17) is 33.7 Å². The number of halogens is 2. The maximum Gasteiger partial charge on any atom is 0.337 e. The Morgan fingerprint density at radius 1 is 1.14 bits per heavy atom. The second-order valence-corrected chi connectivity index (χ2v) is 5.10. The third kappa shape index (κ3) is 3.80. The number of anilines is 1. The first-order valence-electron chi connectivity index (χ1n) is 6.06. The molecule has 110 valence electrons. The maximum atomic E-state index is 11.5. The van der Waals surface area contributed by atoms with E-state index < -0.39 is 5.97 Å². The van der Waals surface area contributed by atoms with Crippen LogP contribution in [-0.4, -0.2) is 13.1 Å². The molecule has 2 aromatic rings. The van der Waals surface area contributed by atoms with Crippen LogP contribution in [0.3, 0.4) is 0 Å². The number of rotatable bonds is 4. The Morgan fingerprint density at radius 3 is 2.57 bits per heavy atom. The Kier molecular flexibility index (Phi) is 4.94. The van der Waals surface area contributed by atoms with Gasteiger partial charge in [0.05, 0.1) is 28.4 Å². The highest BCUT2D eigenvalue weighted by Gasteiger charge is 2.10. The van der Waals surface area contributed by atoms with Gasteiger partial charge in [-0.3, -0.25) is 0 Å². The quantitative estimate of drug-likeness (QED) is 0.683. The van der Waals surface area contributed by atoms with Crippen molar-refractivity contribution in [1.82, 2.24) is 0 Å². The van der Waals surface area contributed by atoms with E-state index in [1.165, 1.54) is 7.11 Å². The number of carbonyl (C=O) groups is 1. The van der Waals surface area contributed by atoms with Gasteiger partial charge in [-0.25, -0.2) is 4.79 Å². The molecule has 2 aromatic carbocycles. The SMILES string of the molecule is COC(=O)c1ccc(N)c(OCc2ccc(Cl)c(Cl)c2)c1. The van der Waals surface area contributed by atoms with Crippen LogP contribution in [0.2, 0.25) is 10.0 Å². The monoisotopic (exact) mass is 325 g/mol. The van der Waals surface area contributed by atoms with Crippen LogP contribution in [0.25, 0.3) is 0 Å². The first kappa shape index (κ1) is 15.5. The van der Waals surface area contributed by atoms with Crippen molar-refractivity contribution in [2.24, 2.45) is 0 Å². The molecule has 6 heteroatoms. The van der Waals surface area contributed by atoms with Crippen molar-refractivity contribution in [3.8, 4) is 5.75 Å². The van der Waals surface area contributed by atoms with Gasteiger partial charge in [-0.15, -0.1) is 0 Å². The Balaban J connectivity index is 2.15. The van der Waals surface area contributed by atoms with E-state index in [-0.39, 0.29) is 6.61 Å². The molecule has 2 N–H and O–H groups in total. The van der Waals surface area contributed by atoms with Crippen LogP contribution in [0.15, 0.2) is 36.4 Å². The summed E-state index contributed by atoms with van der Waals surface area (Å²) in [5.74, 6) is -0.0432. The molecule has 0 atom stereocenters. The summed E-state index contributed by atoms with van der Waals surface area (Å²) in [5, 5.41) is 0.932. The minimum absolute atomic E-state index is 0.256. The highest BCUT2D eigenvalue weighted by atomic mass is 35.5. The minimum atomic E-state index is -0.450. The molecule has 0 saturated heterocycles. The number of hydrogen-bond acceptors (Lipinski definition) is 4. The van der Waals surface area contributed by atoms with Gasteiger partial charge in [0.15, 0.2) is 0 Å². The molecule has 2 rings (SSSR count). The largest absolute Gasteiger partial charge is 0.487 e. The fraction of sp³-hybridized carbons (Fsp3) is 0.133. The molecule has 0 radical (unpaired) electrons. The zero-order valence-corrected chi connectivity index (χ0v) is 12.7. The molecular formula is C15H13Cl2NO3. The maximum absolute atomic E-state index is 11.5. The first-order chi connectivity index (χ1) is 10.0. The van der Waals surface area contributed by atoms with Crippen molar-refractivity contribution in [1.29, 1.82) is 0 Å². The van der Waals surface area contributed by atoms with E-state index in [9.17, 15) is 4.79 Å². The second-order valence-electron chi connectivity index (χ2n) is 4.28. The predicted octanol–water partition coefficient (Wildman–Crippen LogP) is 3.94. The van der Waals surface area contributed by atoms with Gasteiger partial charge in [0, 0.05) is 0 Å². The van der Waals surface area contributed by atoms with Crippen LogP contribution in [0, 0.1) is 0 Å². The van der Waals surface area contributed by atoms with Gasteiger partial charge in [-0.1, -0.05) is 29.3 Å². The standard InChI is InChI=1S/C15H13Cl2NO3/c1-20-15(19)10-3-5-13(18)14(7-10)21-8-9-2-4-11(16)12(17)6-9/h2-7H,8,18H2,1H3. The summed E-state index contributed by atoms with van der Waals surface area (Å²) in [6.07, 6.45) is 0. The second kappa shape index (κ2) is 6.70. The number of methoxy groups -OCH3 is 1. The molecule has 0 spiro atoms. The van der Waals surface area contributed by atoms with E-state index in [0.29, 0.717) is 27.0 Å².